The van der Waals surface area contributed by atoms with Crippen molar-refractivity contribution in [2.45, 2.75) is 57.2 Å². The fraction of sp³-hybridized carbons (Fsp3) is 0.429. The SMILES string of the molecule is COc1cc(OC)cc(N2C(=O)c3cc4ccc(OC)cc4n3C[C@@]2(C)C(=O)NC2CCCCC2)c1. The summed E-state index contributed by atoms with van der Waals surface area (Å²) in [5.41, 5.74) is 0.736. The number of nitrogens with one attached hydrogen (secondary N) is 1. The Morgan fingerprint density at radius 2 is 1.58 bits per heavy atom. The molecular formula is C28H33N3O5. The fourth-order valence-corrected chi connectivity index (χ4v) is 5.51. The highest BCUT2D eigenvalue weighted by Gasteiger charge is 2.49. The highest BCUT2D eigenvalue weighted by atomic mass is 16.5. The molecule has 2 amide bonds. The summed E-state index contributed by atoms with van der Waals surface area (Å²) in [6.45, 7) is 2.13. The van der Waals surface area contributed by atoms with E-state index in [4.69, 9.17) is 14.2 Å². The third kappa shape index (κ3) is 4.04. The topological polar surface area (TPSA) is 82.0 Å². The van der Waals surface area contributed by atoms with Gasteiger partial charge in [0.25, 0.3) is 5.91 Å². The highest BCUT2D eigenvalue weighted by molar-refractivity contribution is 6.14. The Bertz CT molecular complexity index is 1290. The van der Waals surface area contributed by atoms with E-state index in [1.54, 1.807) is 44.4 Å². The predicted molar refractivity (Wildman–Crippen MR) is 138 cm³/mol. The molecule has 1 atom stereocenters. The molecule has 1 aromatic heterocycles. The number of methoxy groups -OCH3 is 3. The molecule has 0 radical (unpaired) electrons. The van der Waals surface area contributed by atoms with Gasteiger partial charge in [0.15, 0.2) is 0 Å². The Balaban J connectivity index is 1.65. The Kier molecular flexibility index (Phi) is 6.28. The first-order valence-electron chi connectivity index (χ1n) is 12.4. The van der Waals surface area contributed by atoms with Gasteiger partial charge in [0, 0.05) is 35.7 Å². The molecule has 0 spiro atoms. The molecule has 8 heteroatoms. The van der Waals surface area contributed by atoms with E-state index < -0.39 is 5.54 Å². The van der Waals surface area contributed by atoms with Crippen LogP contribution in [0, 0.1) is 0 Å². The van der Waals surface area contributed by atoms with Gasteiger partial charge in [0.2, 0.25) is 5.91 Å². The summed E-state index contributed by atoms with van der Waals surface area (Å²) in [4.78, 5) is 29.8. The molecule has 1 aliphatic carbocycles. The van der Waals surface area contributed by atoms with Crippen LogP contribution in [-0.4, -0.2) is 49.3 Å². The van der Waals surface area contributed by atoms with Crippen molar-refractivity contribution in [3.05, 3.63) is 48.2 Å². The van der Waals surface area contributed by atoms with Gasteiger partial charge in [-0.2, -0.15) is 0 Å². The average molecular weight is 492 g/mol. The molecule has 2 heterocycles. The van der Waals surface area contributed by atoms with Gasteiger partial charge in [-0.05, 0) is 38.0 Å². The third-order valence-electron chi connectivity index (χ3n) is 7.52. The summed E-state index contributed by atoms with van der Waals surface area (Å²) in [6, 6.07) is 13.0. The second kappa shape index (κ2) is 9.41. The third-order valence-corrected chi connectivity index (χ3v) is 7.52. The van der Waals surface area contributed by atoms with Crippen LogP contribution in [0.5, 0.6) is 17.2 Å². The van der Waals surface area contributed by atoms with Crippen molar-refractivity contribution >= 4 is 28.4 Å². The Labute approximate surface area is 211 Å². The monoisotopic (exact) mass is 491 g/mol. The van der Waals surface area contributed by atoms with Crippen LogP contribution in [-0.2, 0) is 11.3 Å². The Morgan fingerprint density at radius 1 is 0.917 bits per heavy atom. The number of aromatic nitrogens is 1. The van der Waals surface area contributed by atoms with Gasteiger partial charge in [-0.3, -0.25) is 14.5 Å². The van der Waals surface area contributed by atoms with Gasteiger partial charge in [-0.25, -0.2) is 0 Å². The summed E-state index contributed by atoms with van der Waals surface area (Å²) < 4.78 is 18.3. The van der Waals surface area contributed by atoms with Crippen LogP contribution in [0.1, 0.15) is 49.5 Å². The van der Waals surface area contributed by atoms with Gasteiger partial charge in [-0.1, -0.05) is 19.3 Å². The van der Waals surface area contributed by atoms with Gasteiger partial charge >= 0.3 is 0 Å². The minimum absolute atomic E-state index is 0.114. The van der Waals surface area contributed by atoms with E-state index in [0.717, 1.165) is 36.6 Å². The maximum Gasteiger partial charge on any atom is 0.275 e. The molecule has 1 aliphatic heterocycles. The number of fused-ring (bicyclic) bond motifs is 3. The van der Waals surface area contributed by atoms with Crippen LogP contribution in [0.4, 0.5) is 5.69 Å². The number of rotatable bonds is 6. The molecule has 2 aliphatic rings. The number of benzene rings is 2. The zero-order valence-electron chi connectivity index (χ0n) is 21.3. The van der Waals surface area contributed by atoms with Crippen molar-refractivity contribution < 1.29 is 23.8 Å². The van der Waals surface area contributed by atoms with E-state index in [-0.39, 0.29) is 17.9 Å². The van der Waals surface area contributed by atoms with Crippen LogP contribution in [0.3, 0.4) is 0 Å². The van der Waals surface area contributed by atoms with Crippen LogP contribution < -0.4 is 24.4 Å². The van der Waals surface area contributed by atoms with Crippen LogP contribution >= 0.6 is 0 Å². The van der Waals surface area contributed by atoms with Crippen molar-refractivity contribution in [2.75, 3.05) is 26.2 Å². The minimum atomic E-state index is -1.19. The molecule has 0 saturated heterocycles. The van der Waals surface area contributed by atoms with Crippen molar-refractivity contribution in [3.8, 4) is 17.2 Å². The standard InChI is InChI=1S/C28H33N3O5/c1-28(27(33)29-19-8-6-5-7-9-19)17-30-24-16-21(34-2)11-10-18(24)12-25(30)26(32)31(28)20-13-22(35-3)15-23(14-20)36-4/h10-16,19H,5-9,17H2,1-4H3,(H,29,33)/t28-/m0/s1. The van der Waals surface area contributed by atoms with Gasteiger partial charge < -0.3 is 24.1 Å². The first-order chi connectivity index (χ1) is 17.4. The molecule has 3 aromatic rings. The smallest absolute Gasteiger partial charge is 0.275 e. The second-order valence-corrected chi connectivity index (χ2v) is 9.83. The lowest BCUT2D eigenvalue weighted by molar-refractivity contribution is -0.127. The zero-order valence-corrected chi connectivity index (χ0v) is 21.3. The molecule has 0 bridgehead atoms. The van der Waals surface area contributed by atoms with Crippen molar-refractivity contribution in [2.24, 2.45) is 0 Å². The maximum absolute atomic E-state index is 14.2. The number of hydrogen-bond donors (Lipinski definition) is 1. The molecule has 0 unspecified atom stereocenters. The van der Waals surface area contributed by atoms with Crippen LogP contribution in [0.2, 0.25) is 0 Å². The first-order valence-corrected chi connectivity index (χ1v) is 12.4. The number of anilines is 1. The normalized spacial score (nSPS) is 20.2. The largest absolute Gasteiger partial charge is 0.497 e. The van der Waals surface area contributed by atoms with Crippen LogP contribution in [0.25, 0.3) is 10.9 Å². The van der Waals surface area contributed by atoms with E-state index in [9.17, 15) is 9.59 Å². The number of carbonyl (C=O) groups excluding carboxylic acids is 2. The number of ether oxygens (including phenoxy) is 3. The summed E-state index contributed by atoms with van der Waals surface area (Å²) >= 11 is 0. The van der Waals surface area contributed by atoms with Crippen molar-refractivity contribution in [1.82, 2.24) is 9.88 Å². The van der Waals surface area contributed by atoms with E-state index in [0.29, 0.717) is 35.2 Å². The van der Waals surface area contributed by atoms with Crippen molar-refractivity contribution in [3.63, 3.8) is 0 Å². The summed E-state index contributed by atoms with van der Waals surface area (Å²) in [6.07, 6.45) is 5.31. The van der Waals surface area contributed by atoms with Crippen LogP contribution in [0.15, 0.2) is 42.5 Å². The summed E-state index contributed by atoms with van der Waals surface area (Å²) in [5.74, 6) is 1.36. The maximum atomic E-state index is 14.2. The Morgan fingerprint density at radius 3 is 2.22 bits per heavy atom. The van der Waals surface area contributed by atoms with E-state index in [2.05, 4.69) is 5.32 Å². The molecule has 1 saturated carbocycles. The molecule has 190 valence electrons. The molecule has 8 nitrogen and oxygen atoms in total. The highest BCUT2D eigenvalue weighted by Crippen LogP contribution is 2.39. The molecular weight excluding hydrogens is 458 g/mol. The van der Waals surface area contributed by atoms with E-state index in [1.165, 1.54) is 6.42 Å². The van der Waals surface area contributed by atoms with E-state index >= 15 is 0 Å². The van der Waals surface area contributed by atoms with Gasteiger partial charge in [0.1, 0.15) is 28.5 Å². The predicted octanol–water partition coefficient (Wildman–Crippen LogP) is 4.54. The first kappa shape index (κ1) is 24.0. The minimum Gasteiger partial charge on any atom is -0.497 e. The van der Waals surface area contributed by atoms with Crippen molar-refractivity contribution in [1.29, 1.82) is 0 Å². The van der Waals surface area contributed by atoms with Gasteiger partial charge in [-0.15, -0.1) is 0 Å². The lowest BCUT2D eigenvalue weighted by Crippen LogP contribution is -2.65. The number of amides is 2. The number of hydrogen-bond acceptors (Lipinski definition) is 5. The molecule has 1 N–H and O–H groups in total. The average Bonchev–Trinajstić information content (AvgIpc) is 3.26. The number of nitrogens with zero attached hydrogens (tertiary/aromatic N) is 2. The molecule has 2 aromatic carbocycles. The Hall–Kier alpha value is -3.68. The summed E-state index contributed by atoms with van der Waals surface area (Å²) in [5, 5.41) is 4.18. The molecule has 1 fully saturated rings. The molecule has 5 rings (SSSR count). The lowest BCUT2D eigenvalue weighted by atomic mass is 9.91. The van der Waals surface area contributed by atoms with E-state index in [1.807, 2.05) is 35.8 Å². The zero-order chi connectivity index (χ0) is 25.4. The summed E-state index contributed by atoms with van der Waals surface area (Å²) in [7, 11) is 4.75. The quantitative estimate of drug-likeness (QED) is 0.548. The number of carbonyl (C=O) groups is 2. The van der Waals surface area contributed by atoms with Gasteiger partial charge in [0.05, 0.1) is 39.1 Å². The fourth-order valence-electron chi connectivity index (χ4n) is 5.51. The molecule has 36 heavy (non-hydrogen) atoms. The lowest BCUT2D eigenvalue weighted by Gasteiger charge is -2.44. The second-order valence-electron chi connectivity index (χ2n) is 9.83.